The Balaban J connectivity index is 1.39. The van der Waals surface area contributed by atoms with Crippen molar-refractivity contribution in [3.63, 3.8) is 0 Å². The van der Waals surface area contributed by atoms with Gasteiger partial charge in [-0.3, -0.25) is 4.79 Å². The highest BCUT2D eigenvalue weighted by atomic mass is 16.5. The highest BCUT2D eigenvalue weighted by Crippen LogP contribution is 2.47. The molecule has 1 aliphatic heterocycles. The number of nitrogens with one attached hydrogen (secondary N) is 2. The Bertz CT molecular complexity index is 782. The highest BCUT2D eigenvalue weighted by Gasteiger charge is 2.48. The summed E-state index contributed by atoms with van der Waals surface area (Å²) in [4.78, 5) is 16.7. The standard InChI is InChI=1S/C20H23N3O2/c1-25-18-12-14(8-11-21-18)13-22-15-6-9-20(10-7-15)16-4-2-3-5-17(16)23-19(20)24/h2-5,8,11-12,15,22H,6-7,9-10,13H2,1H3,(H,23,24). The zero-order valence-electron chi connectivity index (χ0n) is 14.4. The summed E-state index contributed by atoms with van der Waals surface area (Å²) in [5, 5.41) is 6.68. The van der Waals surface area contributed by atoms with Gasteiger partial charge in [0.15, 0.2) is 0 Å². The van der Waals surface area contributed by atoms with E-state index in [1.54, 1.807) is 13.3 Å². The van der Waals surface area contributed by atoms with E-state index in [-0.39, 0.29) is 11.3 Å². The van der Waals surface area contributed by atoms with E-state index >= 15 is 0 Å². The van der Waals surface area contributed by atoms with Gasteiger partial charge in [0, 0.05) is 30.5 Å². The average Bonchev–Trinajstić information content (AvgIpc) is 2.93. The van der Waals surface area contributed by atoms with E-state index in [4.69, 9.17) is 4.74 Å². The molecule has 0 atom stereocenters. The Morgan fingerprint density at radius 1 is 1.28 bits per heavy atom. The SMILES string of the molecule is COc1cc(CNC2CCC3(CC2)C(=O)Nc2ccccc23)ccn1. The zero-order valence-corrected chi connectivity index (χ0v) is 14.4. The average molecular weight is 337 g/mol. The number of carbonyl (C=O) groups is 1. The maximum absolute atomic E-state index is 12.6. The van der Waals surface area contributed by atoms with Crippen molar-refractivity contribution in [2.45, 2.75) is 43.7 Å². The van der Waals surface area contributed by atoms with Crippen LogP contribution in [0, 0.1) is 0 Å². The fraction of sp³-hybridized carbons (Fsp3) is 0.400. The monoisotopic (exact) mass is 337 g/mol. The first-order valence-electron chi connectivity index (χ1n) is 8.84. The van der Waals surface area contributed by atoms with Crippen molar-refractivity contribution in [1.82, 2.24) is 10.3 Å². The van der Waals surface area contributed by atoms with Crippen molar-refractivity contribution in [3.8, 4) is 5.88 Å². The van der Waals surface area contributed by atoms with Crippen LogP contribution < -0.4 is 15.4 Å². The van der Waals surface area contributed by atoms with Crippen LogP contribution >= 0.6 is 0 Å². The highest BCUT2D eigenvalue weighted by molar-refractivity contribution is 6.06. The van der Waals surface area contributed by atoms with Crippen molar-refractivity contribution in [2.24, 2.45) is 0 Å². The van der Waals surface area contributed by atoms with Gasteiger partial charge in [-0.25, -0.2) is 4.98 Å². The molecule has 4 rings (SSSR count). The first kappa shape index (κ1) is 16.1. The van der Waals surface area contributed by atoms with Gasteiger partial charge in [-0.15, -0.1) is 0 Å². The number of fused-ring (bicyclic) bond motifs is 2. The Morgan fingerprint density at radius 2 is 2.08 bits per heavy atom. The van der Waals surface area contributed by atoms with Crippen LogP contribution in [0.25, 0.3) is 0 Å². The molecule has 5 heteroatoms. The van der Waals surface area contributed by atoms with E-state index in [1.165, 1.54) is 5.56 Å². The molecule has 130 valence electrons. The molecule has 0 saturated heterocycles. The van der Waals surface area contributed by atoms with Gasteiger partial charge >= 0.3 is 0 Å². The number of benzene rings is 1. The lowest BCUT2D eigenvalue weighted by Crippen LogP contribution is -2.43. The van der Waals surface area contributed by atoms with Gasteiger partial charge in [0.25, 0.3) is 0 Å². The van der Waals surface area contributed by atoms with Crippen LogP contribution in [0.3, 0.4) is 0 Å². The quantitative estimate of drug-likeness (QED) is 0.900. The summed E-state index contributed by atoms with van der Waals surface area (Å²) >= 11 is 0. The van der Waals surface area contributed by atoms with E-state index in [0.29, 0.717) is 11.9 Å². The van der Waals surface area contributed by atoms with Gasteiger partial charge in [-0.1, -0.05) is 18.2 Å². The van der Waals surface area contributed by atoms with E-state index in [0.717, 1.165) is 43.5 Å². The molecule has 1 aromatic carbocycles. The molecule has 1 fully saturated rings. The smallest absolute Gasteiger partial charge is 0.235 e. The zero-order chi connectivity index (χ0) is 17.3. The van der Waals surface area contributed by atoms with Crippen molar-refractivity contribution in [3.05, 3.63) is 53.7 Å². The Morgan fingerprint density at radius 3 is 2.88 bits per heavy atom. The summed E-state index contributed by atoms with van der Waals surface area (Å²) in [5.41, 5.74) is 3.01. The topological polar surface area (TPSA) is 63.2 Å². The molecule has 2 aliphatic rings. The molecule has 5 nitrogen and oxygen atoms in total. The number of carbonyl (C=O) groups excluding carboxylic acids is 1. The van der Waals surface area contributed by atoms with Crippen molar-refractivity contribution >= 4 is 11.6 Å². The predicted molar refractivity (Wildman–Crippen MR) is 96.6 cm³/mol. The molecule has 2 heterocycles. The minimum Gasteiger partial charge on any atom is -0.481 e. The Hall–Kier alpha value is -2.40. The fourth-order valence-corrected chi connectivity index (χ4v) is 4.12. The minimum absolute atomic E-state index is 0.172. The number of anilines is 1. The second kappa shape index (κ2) is 6.48. The molecule has 2 aromatic rings. The lowest BCUT2D eigenvalue weighted by Gasteiger charge is -2.36. The lowest BCUT2D eigenvalue weighted by molar-refractivity contribution is -0.122. The number of hydrogen-bond acceptors (Lipinski definition) is 4. The molecule has 0 radical (unpaired) electrons. The van der Waals surface area contributed by atoms with Crippen molar-refractivity contribution in [2.75, 3.05) is 12.4 Å². The second-order valence-corrected chi connectivity index (χ2v) is 6.94. The van der Waals surface area contributed by atoms with Crippen LogP contribution in [0.2, 0.25) is 0 Å². The number of para-hydroxylation sites is 1. The molecule has 1 aromatic heterocycles. The van der Waals surface area contributed by atoms with Crippen LogP contribution in [0.15, 0.2) is 42.6 Å². The van der Waals surface area contributed by atoms with Gasteiger partial charge < -0.3 is 15.4 Å². The largest absolute Gasteiger partial charge is 0.481 e. The van der Waals surface area contributed by atoms with Gasteiger partial charge in [0.1, 0.15) is 0 Å². The third kappa shape index (κ3) is 2.89. The molecule has 1 aliphatic carbocycles. The predicted octanol–water partition coefficient (Wildman–Crippen LogP) is 3.01. The van der Waals surface area contributed by atoms with Crippen molar-refractivity contribution in [1.29, 1.82) is 0 Å². The number of hydrogen-bond donors (Lipinski definition) is 2. The van der Waals surface area contributed by atoms with Gasteiger partial charge in [0.2, 0.25) is 11.8 Å². The second-order valence-electron chi connectivity index (χ2n) is 6.94. The molecular weight excluding hydrogens is 314 g/mol. The number of amides is 1. The minimum atomic E-state index is -0.325. The maximum Gasteiger partial charge on any atom is 0.235 e. The van der Waals surface area contributed by atoms with Crippen LogP contribution in [-0.2, 0) is 16.8 Å². The van der Waals surface area contributed by atoms with Crippen LogP contribution in [0.5, 0.6) is 5.88 Å². The van der Waals surface area contributed by atoms with Crippen LogP contribution in [-0.4, -0.2) is 24.0 Å². The molecule has 25 heavy (non-hydrogen) atoms. The third-order valence-corrected chi connectivity index (χ3v) is 5.57. The summed E-state index contributed by atoms with van der Waals surface area (Å²) in [6, 6.07) is 12.5. The maximum atomic E-state index is 12.6. The van der Waals surface area contributed by atoms with E-state index < -0.39 is 0 Å². The summed E-state index contributed by atoms with van der Waals surface area (Å²) in [6.45, 7) is 0.791. The van der Waals surface area contributed by atoms with E-state index in [1.807, 2.05) is 30.3 Å². The Kier molecular flexibility index (Phi) is 4.17. The summed E-state index contributed by atoms with van der Waals surface area (Å²) in [7, 11) is 1.63. The first-order valence-corrected chi connectivity index (χ1v) is 8.84. The number of rotatable bonds is 4. The Labute approximate surface area is 147 Å². The molecular formula is C20H23N3O2. The number of methoxy groups -OCH3 is 1. The molecule has 0 bridgehead atoms. The van der Waals surface area contributed by atoms with Crippen LogP contribution in [0.1, 0.15) is 36.8 Å². The fourth-order valence-electron chi connectivity index (χ4n) is 4.12. The number of nitrogens with zero attached hydrogens (tertiary/aromatic N) is 1. The summed E-state index contributed by atoms with van der Waals surface area (Å²) < 4.78 is 5.17. The van der Waals surface area contributed by atoms with Crippen LogP contribution in [0.4, 0.5) is 5.69 Å². The number of pyridine rings is 1. The van der Waals surface area contributed by atoms with Gasteiger partial charge in [-0.05, 0) is 48.9 Å². The number of aromatic nitrogens is 1. The van der Waals surface area contributed by atoms with Gasteiger partial charge in [0.05, 0.1) is 12.5 Å². The van der Waals surface area contributed by atoms with E-state index in [2.05, 4.69) is 21.7 Å². The number of ether oxygens (including phenoxy) is 1. The first-order chi connectivity index (χ1) is 12.2. The molecule has 1 spiro atoms. The molecule has 1 saturated carbocycles. The molecule has 2 N–H and O–H groups in total. The molecule has 1 amide bonds. The van der Waals surface area contributed by atoms with Gasteiger partial charge in [-0.2, -0.15) is 0 Å². The normalized spacial score (nSPS) is 24.8. The summed E-state index contributed by atoms with van der Waals surface area (Å²) in [6.07, 6.45) is 5.57. The van der Waals surface area contributed by atoms with Crippen molar-refractivity contribution < 1.29 is 9.53 Å². The third-order valence-electron chi connectivity index (χ3n) is 5.57. The van der Waals surface area contributed by atoms with E-state index in [9.17, 15) is 4.79 Å². The summed E-state index contributed by atoms with van der Waals surface area (Å²) in [5.74, 6) is 0.812. The lowest BCUT2D eigenvalue weighted by atomic mass is 9.69. The molecule has 0 unspecified atom stereocenters.